The van der Waals surface area contributed by atoms with Crippen LogP contribution in [0, 0.1) is 17.8 Å². The van der Waals surface area contributed by atoms with Crippen molar-refractivity contribution < 1.29 is 33.2 Å². The molecule has 3 atom stereocenters. The molecule has 0 spiro atoms. The van der Waals surface area contributed by atoms with Crippen LogP contribution in [0.2, 0.25) is 0 Å². The monoisotopic (exact) mass is 634 g/mol. The molecule has 0 amide bonds. The van der Waals surface area contributed by atoms with Gasteiger partial charge in [-0.2, -0.15) is 13.7 Å². The summed E-state index contributed by atoms with van der Waals surface area (Å²) in [5, 5.41) is 0. The summed E-state index contributed by atoms with van der Waals surface area (Å²) in [4.78, 5) is 0. The molecule has 31 heavy (non-hydrogen) atoms. The first-order chi connectivity index (χ1) is 14.1. The molecule has 0 bridgehead atoms. The first kappa shape index (κ1) is 32.7. The molecule has 3 saturated heterocycles. The third kappa shape index (κ3) is 14.7. The van der Waals surface area contributed by atoms with Gasteiger partial charge in [-0.05, 0) is 57.1 Å². The topological polar surface area (TPSA) is 9.03 Å². The number of hydrogen-bond acceptors (Lipinski definition) is 0. The largest absolute Gasteiger partial charge is 3.00 e. The molecule has 3 nitrogen and oxygen atoms in total. The molecule has 3 fully saturated rings. The molecule has 3 heterocycles. The van der Waals surface area contributed by atoms with Gasteiger partial charge in [-0.25, -0.2) is 0 Å². The van der Waals surface area contributed by atoms with Crippen LogP contribution >= 0.6 is 37.9 Å². The molecule has 3 rings (SSSR count). The molecule has 0 aliphatic carbocycles. The van der Waals surface area contributed by atoms with Crippen molar-refractivity contribution in [3.05, 3.63) is 0 Å². The van der Waals surface area contributed by atoms with Crippen LogP contribution in [0.15, 0.2) is 0 Å². The minimum atomic E-state index is 0. The molecule has 0 aromatic rings. The zero-order valence-corrected chi connectivity index (χ0v) is 26.6. The van der Waals surface area contributed by atoms with Crippen molar-refractivity contribution in [2.75, 3.05) is 39.3 Å². The Kier molecular flexibility index (Phi) is 19.1. The Morgan fingerprint density at radius 2 is 0.806 bits per heavy atom. The Hall–Kier alpha value is 1.73. The summed E-state index contributed by atoms with van der Waals surface area (Å²) in [6.45, 7) is 13.8. The Morgan fingerprint density at radius 3 is 0.935 bits per heavy atom. The van der Waals surface area contributed by atoms with Crippen LogP contribution < -0.4 is 0 Å². The summed E-state index contributed by atoms with van der Waals surface area (Å²) >= 11 is 23.0. The van der Waals surface area contributed by atoms with Crippen LogP contribution in [-0.4, -0.2) is 66.1 Å². The van der Waals surface area contributed by atoms with Gasteiger partial charge in [-0.3, -0.25) is 0 Å². The van der Waals surface area contributed by atoms with Gasteiger partial charge in [0.05, 0.1) is 37.9 Å². The van der Waals surface area contributed by atoms with Gasteiger partial charge in [-0.15, -0.1) is 0 Å². The average molecular weight is 635 g/mol. The van der Waals surface area contributed by atoms with Gasteiger partial charge in [0.15, 0.2) is 19.6 Å². The molecule has 10 heteroatoms. The fraction of sp³-hybridized carbons (Fsp3) is 0.857. The average Bonchev–Trinajstić information content (AvgIpc) is 2.69. The Labute approximate surface area is 236 Å². The number of thiol groups is 3. The predicted octanol–water partition coefficient (Wildman–Crippen LogP) is 2.18. The molecule has 180 valence electrons. The second kappa shape index (κ2) is 18.1. The normalized spacial score (nSPS) is 31.1. The van der Waals surface area contributed by atoms with E-state index in [0.717, 1.165) is 70.1 Å². The smallest absolute Gasteiger partial charge is 0.183 e. The molecule has 3 aliphatic heterocycles. The van der Waals surface area contributed by atoms with Gasteiger partial charge >= 0.3 is 32.6 Å². The van der Waals surface area contributed by atoms with E-state index in [9.17, 15) is 0 Å². The molecular weight excluding hydrogens is 590 g/mol. The zero-order chi connectivity index (χ0) is 22.7. The fourth-order valence-corrected chi connectivity index (χ4v) is 5.30. The van der Waals surface area contributed by atoms with E-state index in [0.29, 0.717) is 0 Å². The molecule has 3 aliphatic rings. The third-order valence-electron chi connectivity index (χ3n) is 5.87. The van der Waals surface area contributed by atoms with Crippen molar-refractivity contribution in [2.24, 2.45) is 17.8 Å². The van der Waals surface area contributed by atoms with E-state index in [1.54, 1.807) is 0 Å². The van der Waals surface area contributed by atoms with Crippen LogP contribution in [0.5, 0.6) is 0 Å². The quantitative estimate of drug-likeness (QED) is 0.119. The van der Waals surface area contributed by atoms with Crippen molar-refractivity contribution in [1.29, 1.82) is 0 Å². The van der Waals surface area contributed by atoms with Crippen LogP contribution in [0.4, 0.5) is 0 Å². The van der Waals surface area contributed by atoms with E-state index >= 15 is 0 Å². The second-order valence-electron chi connectivity index (χ2n) is 9.05. The minimum Gasteiger partial charge on any atom is -0.183 e. The molecule has 0 N–H and O–H groups in total. The molecule has 0 aromatic heterocycles. The Balaban J connectivity index is 0.000000429. The van der Waals surface area contributed by atoms with E-state index in [1.807, 2.05) is 0 Å². The predicted molar refractivity (Wildman–Crippen MR) is 158 cm³/mol. The zero-order valence-electron chi connectivity index (χ0n) is 19.2. The molecule has 0 aromatic carbocycles. The van der Waals surface area contributed by atoms with Crippen molar-refractivity contribution in [2.45, 2.75) is 59.3 Å². The maximum absolute atomic E-state index is 4.24. The third-order valence-corrected chi connectivity index (χ3v) is 7.67. The summed E-state index contributed by atoms with van der Waals surface area (Å²) in [7, 11) is 0. The summed E-state index contributed by atoms with van der Waals surface area (Å²) < 4.78 is 9.75. The van der Waals surface area contributed by atoms with Crippen molar-refractivity contribution >= 4 is 88.9 Å². The Bertz CT molecular complexity index is 541. The van der Waals surface area contributed by atoms with E-state index in [4.69, 9.17) is 0 Å². The van der Waals surface area contributed by atoms with Crippen LogP contribution in [0.1, 0.15) is 59.3 Å². The maximum atomic E-state index is 4.24. The van der Waals surface area contributed by atoms with Crippen LogP contribution in [0.25, 0.3) is 0 Å². The van der Waals surface area contributed by atoms with Gasteiger partial charge in [0.25, 0.3) is 0 Å². The van der Waals surface area contributed by atoms with Crippen LogP contribution in [0.3, 0.4) is 0 Å². The van der Waals surface area contributed by atoms with Crippen molar-refractivity contribution in [1.82, 2.24) is 0 Å². The molecular formula is C21H45N3RhS6+9. The van der Waals surface area contributed by atoms with Gasteiger partial charge < -0.3 is 0 Å². The summed E-state index contributed by atoms with van der Waals surface area (Å²) in [5.41, 5.74) is 0. The van der Waals surface area contributed by atoms with Gasteiger partial charge in [-0.1, -0.05) is 20.8 Å². The number of nitrogens with zero attached hydrogens (tertiary/aromatic N) is 3. The Morgan fingerprint density at radius 1 is 0.581 bits per heavy atom. The maximum Gasteiger partial charge on any atom is 3.00 e. The van der Waals surface area contributed by atoms with E-state index in [2.05, 4.69) is 110 Å². The fourth-order valence-electron chi connectivity index (χ4n) is 4.15. The van der Waals surface area contributed by atoms with Gasteiger partial charge in [0.2, 0.25) is 0 Å². The molecule has 0 saturated carbocycles. The SMILES string of the molecule is CC1CCC[N+](=C(S)[SH2+])C1.CC1CCC[N+](=C(S)[SH2+])C1.CC1CCC[N+](=C(S)[SH2+])C1.[Rh+3]. The summed E-state index contributed by atoms with van der Waals surface area (Å²) in [6, 6.07) is 0. The first-order valence-corrected chi connectivity index (χ1v) is 14.0. The number of hydrogen-bond donors (Lipinski definition) is 3. The van der Waals surface area contributed by atoms with Gasteiger partial charge in [0.1, 0.15) is 19.6 Å². The van der Waals surface area contributed by atoms with E-state index in [-0.39, 0.29) is 19.5 Å². The molecule has 3 unspecified atom stereocenters. The summed E-state index contributed by atoms with van der Waals surface area (Å²) in [5.74, 6) is 2.48. The van der Waals surface area contributed by atoms with E-state index in [1.165, 1.54) is 38.5 Å². The number of rotatable bonds is 0. The van der Waals surface area contributed by atoms with Crippen LogP contribution in [-0.2, 0) is 57.4 Å². The first-order valence-electron chi connectivity index (χ1n) is 11.2. The summed E-state index contributed by atoms with van der Waals surface area (Å²) in [6.07, 6.45) is 8.00. The minimum absolute atomic E-state index is 0. The van der Waals surface area contributed by atoms with Crippen molar-refractivity contribution in [3.8, 4) is 0 Å². The van der Waals surface area contributed by atoms with Gasteiger partial charge in [0, 0.05) is 37.0 Å². The van der Waals surface area contributed by atoms with Crippen molar-refractivity contribution in [3.63, 3.8) is 0 Å². The second-order valence-corrected chi connectivity index (χ2v) is 13.0. The van der Waals surface area contributed by atoms with E-state index < -0.39 is 0 Å². The number of piperidine rings is 3. The molecule has 0 radical (unpaired) electrons. The standard InChI is InChI=1S/3C7H13NS2.Rh/c3*1-6-3-2-4-8(5-6)7(9)10;/h3*6H,2-5H2,1H3,(H,9,10);/q;;;+3/p+6.